The van der Waals surface area contributed by atoms with E-state index < -0.39 is 55.0 Å². The van der Waals surface area contributed by atoms with E-state index in [1.807, 2.05) is 0 Å². The Bertz CT molecular complexity index is 729. The Labute approximate surface area is 172 Å². The molecule has 0 fully saturated rings. The highest BCUT2D eigenvalue weighted by Gasteiger charge is 2.28. The molecule has 160 valence electrons. The molecule has 1 aromatic carbocycles. The molecule has 12 heteroatoms. The number of nitrogens with one attached hydrogen (secondary N) is 3. The minimum absolute atomic E-state index is 0.00764. The van der Waals surface area contributed by atoms with Crippen LogP contribution >= 0.6 is 12.6 Å². The molecule has 8 N–H and O–H groups in total. The third kappa shape index (κ3) is 8.37. The second kappa shape index (κ2) is 11.9. The van der Waals surface area contributed by atoms with Gasteiger partial charge in [0.15, 0.2) is 0 Å². The number of nitrogens with two attached hydrogens (primary N) is 1. The van der Waals surface area contributed by atoms with Crippen molar-refractivity contribution in [3.05, 3.63) is 29.8 Å². The summed E-state index contributed by atoms with van der Waals surface area (Å²) in [6, 6.07) is 2.26. The van der Waals surface area contributed by atoms with E-state index in [4.69, 9.17) is 10.8 Å². The lowest BCUT2D eigenvalue weighted by atomic mass is 10.0. The van der Waals surface area contributed by atoms with E-state index in [1.54, 1.807) is 0 Å². The van der Waals surface area contributed by atoms with Crippen molar-refractivity contribution < 1.29 is 34.5 Å². The number of benzene rings is 1. The summed E-state index contributed by atoms with van der Waals surface area (Å²) < 4.78 is 0. The van der Waals surface area contributed by atoms with E-state index >= 15 is 0 Å². The lowest BCUT2D eigenvalue weighted by molar-refractivity contribution is -0.138. The first kappa shape index (κ1) is 24.2. The monoisotopic (exact) mass is 428 g/mol. The Kier molecular flexibility index (Phi) is 9.92. The smallest absolute Gasteiger partial charge is 0.322 e. The van der Waals surface area contributed by atoms with Gasteiger partial charge in [-0.05, 0) is 17.7 Å². The van der Waals surface area contributed by atoms with Crippen molar-refractivity contribution in [2.75, 3.05) is 18.9 Å². The number of aliphatic carboxylic acids is 1. The molecule has 0 bridgehead atoms. The van der Waals surface area contributed by atoms with E-state index in [0.29, 0.717) is 5.56 Å². The predicted molar refractivity (Wildman–Crippen MR) is 105 cm³/mol. The van der Waals surface area contributed by atoms with Gasteiger partial charge in [-0.1, -0.05) is 12.1 Å². The summed E-state index contributed by atoms with van der Waals surface area (Å²) in [6.45, 7) is -1.41. The largest absolute Gasteiger partial charge is 0.508 e. The van der Waals surface area contributed by atoms with Crippen LogP contribution in [0.25, 0.3) is 0 Å². The number of hydrogen-bond acceptors (Lipinski definition) is 8. The fourth-order valence-corrected chi connectivity index (χ4v) is 2.36. The lowest BCUT2D eigenvalue weighted by Gasteiger charge is -2.23. The van der Waals surface area contributed by atoms with Crippen LogP contribution in [0.4, 0.5) is 0 Å². The van der Waals surface area contributed by atoms with Crippen molar-refractivity contribution in [1.82, 2.24) is 16.0 Å². The van der Waals surface area contributed by atoms with Crippen LogP contribution < -0.4 is 21.7 Å². The number of phenols is 1. The molecular formula is C17H24N4O7S. The zero-order chi connectivity index (χ0) is 22.0. The number of aliphatic hydroxyl groups is 1. The first-order valence-corrected chi connectivity index (χ1v) is 9.16. The van der Waals surface area contributed by atoms with Crippen LogP contribution in [-0.4, -0.2) is 76.0 Å². The SMILES string of the molecule is NC(CS)C(=O)NC(CO)C(=O)NC(Cc1ccc(O)cc1)C(=O)NCC(=O)O. The standard InChI is InChI=1S/C17H24N4O7S/c18-11(8-29)15(26)21-13(7-22)17(28)20-12(16(27)19-6-14(24)25)5-9-1-3-10(23)4-2-9/h1-4,11-13,22-23,29H,5-8,18H2,(H,19,27)(H,20,28)(H,21,26)(H,24,25). The summed E-state index contributed by atoms with van der Waals surface area (Å²) in [5.41, 5.74) is 6.08. The highest BCUT2D eigenvalue weighted by Crippen LogP contribution is 2.11. The van der Waals surface area contributed by atoms with Gasteiger partial charge in [0.25, 0.3) is 0 Å². The third-order valence-corrected chi connectivity index (χ3v) is 4.17. The molecule has 0 spiro atoms. The maximum Gasteiger partial charge on any atom is 0.322 e. The van der Waals surface area contributed by atoms with Gasteiger partial charge in [-0.25, -0.2) is 0 Å². The van der Waals surface area contributed by atoms with Crippen molar-refractivity contribution in [2.45, 2.75) is 24.5 Å². The lowest BCUT2D eigenvalue weighted by Crippen LogP contribution is -2.57. The summed E-state index contributed by atoms with van der Waals surface area (Å²) in [7, 11) is 0. The fourth-order valence-electron chi connectivity index (χ4n) is 2.19. The summed E-state index contributed by atoms with van der Waals surface area (Å²) in [6.07, 6.45) is -0.0281. The van der Waals surface area contributed by atoms with Crippen LogP contribution in [0, 0.1) is 0 Å². The number of carboxylic acids is 1. The van der Waals surface area contributed by atoms with E-state index in [-0.39, 0.29) is 17.9 Å². The summed E-state index contributed by atoms with van der Waals surface area (Å²) >= 11 is 3.88. The quantitative estimate of drug-likeness (QED) is 0.175. The van der Waals surface area contributed by atoms with Crippen LogP contribution in [0.15, 0.2) is 24.3 Å². The van der Waals surface area contributed by atoms with Crippen molar-refractivity contribution in [3.8, 4) is 5.75 Å². The maximum absolute atomic E-state index is 12.4. The van der Waals surface area contributed by atoms with E-state index in [0.717, 1.165) is 0 Å². The van der Waals surface area contributed by atoms with Crippen LogP contribution in [0.5, 0.6) is 5.75 Å². The van der Waals surface area contributed by atoms with Crippen molar-refractivity contribution in [3.63, 3.8) is 0 Å². The number of rotatable bonds is 11. The highest BCUT2D eigenvalue weighted by molar-refractivity contribution is 7.80. The van der Waals surface area contributed by atoms with Crippen LogP contribution in [0.3, 0.4) is 0 Å². The van der Waals surface area contributed by atoms with E-state index in [1.165, 1.54) is 24.3 Å². The zero-order valence-electron chi connectivity index (χ0n) is 15.4. The van der Waals surface area contributed by atoms with Crippen molar-refractivity contribution in [2.24, 2.45) is 5.73 Å². The minimum atomic E-state index is -1.37. The molecule has 0 aromatic heterocycles. The molecule has 3 unspecified atom stereocenters. The van der Waals surface area contributed by atoms with Gasteiger partial charge in [0.05, 0.1) is 12.6 Å². The molecule has 11 nitrogen and oxygen atoms in total. The second-order valence-electron chi connectivity index (χ2n) is 6.08. The molecule has 0 aliphatic rings. The molecule has 0 saturated heterocycles. The van der Waals surface area contributed by atoms with E-state index in [2.05, 4.69) is 28.6 Å². The van der Waals surface area contributed by atoms with E-state index in [9.17, 15) is 29.4 Å². The Balaban J connectivity index is 2.90. The first-order chi connectivity index (χ1) is 13.7. The normalized spacial score (nSPS) is 13.6. The molecule has 29 heavy (non-hydrogen) atoms. The molecule has 0 radical (unpaired) electrons. The van der Waals surface area contributed by atoms with Crippen molar-refractivity contribution in [1.29, 1.82) is 0 Å². The molecule has 3 atom stereocenters. The van der Waals surface area contributed by atoms with Crippen LogP contribution in [0.2, 0.25) is 0 Å². The second-order valence-corrected chi connectivity index (χ2v) is 6.44. The van der Waals surface area contributed by atoms with Gasteiger partial charge in [-0.2, -0.15) is 12.6 Å². The molecule has 1 aromatic rings. The highest BCUT2D eigenvalue weighted by atomic mass is 32.1. The van der Waals surface area contributed by atoms with Crippen molar-refractivity contribution >= 4 is 36.3 Å². The summed E-state index contributed by atoms with van der Waals surface area (Å²) in [5.74, 6) is -3.58. The number of aliphatic hydroxyl groups excluding tert-OH is 1. The maximum atomic E-state index is 12.4. The number of thiol groups is 1. The minimum Gasteiger partial charge on any atom is -0.508 e. The number of aromatic hydroxyl groups is 1. The molecule has 0 saturated carbocycles. The van der Waals surface area contributed by atoms with Gasteiger partial charge < -0.3 is 37.0 Å². The zero-order valence-corrected chi connectivity index (χ0v) is 16.3. The first-order valence-electron chi connectivity index (χ1n) is 8.53. The molecule has 0 heterocycles. The van der Waals surface area contributed by atoms with Gasteiger partial charge >= 0.3 is 5.97 Å². The van der Waals surface area contributed by atoms with Gasteiger partial charge in [0.2, 0.25) is 17.7 Å². The van der Waals surface area contributed by atoms with Gasteiger partial charge in [0.1, 0.15) is 24.4 Å². The Morgan fingerprint density at radius 1 is 1.00 bits per heavy atom. The molecule has 3 amide bonds. The van der Waals surface area contributed by atoms with Gasteiger partial charge in [0, 0.05) is 12.2 Å². The predicted octanol–water partition coefficient (Wildman–Crippen LogP) is -2.65. The number of carbonyl (C=O) groups excluding carboxylic acids is 3. The molecule has 1 rings (SSSR count). The third-order valence-electron chi connectivity index (χ3n) is 3.77. The topological polar surface area (TPSA) is 191 Å². The average Bonchev–Trinajstić information content (AvgIpc) is 2.70. The Hall–Kier alpha value is -2.83. The summed E-state index contributed by atoms with van der Waals surface area (Å²) in [5, 5.41) is 34.3. The van der Waals surface area contributed by atoms with Gasteiger partial charge in [-0.3, -0.25) is 19.2 Å². The number of hydrogen-bond donors (Lipinski definition) is 8. The van der Waals surface area contributed by atoms with Crippen LogP contribution in [-0.2, 0) is 25.6 Å². The van der Waals surface area contributed by atoms with Gasteiger partial charge in [-0.15, -0.1) is 0 Å². The summed E-state index contributed by atoms with van der Waals surface area (Å²) in [4.78, 5) is 47.3. The van der Waals surface area contributed by atoms with Crippen LogP contribution in [0.1, 0.15) is 5.56 Å². The Morgan fingerprint density at radius 3 is 2.10 bits per heavy atom. The number of amides is 3. The number of carbonyl (C=O) groups is 4. The average molecular weight is 428 g/mol. The molecule has 0 aliphatic heterocycles. The number of carboxylic acid groups (broad SMARTS) is 1. The molecular weight excluding hydrogens is 404 g/mol. The number of phenolic OH excluding ortho intramolecular Hbond substituents is 1. The Morgan fingerprint density at radius 2 is 1.59 bits per heavy atom. The molecule has 0 aliphatic carbocycles. The fraction of sp³-hybridized carbons (Fsp3) is 0.412.